The third kappa shape index (κ3) is 3.50. The molecule has 108 valence electrons. The predicted molar refractivity (Wildman–Crippen MR) is 81.4 cm³/mol. The van der Waals surface area contributed by atoms with Crippen LogP contribution in [0.3, 0.4) is 0 Å². The highest BCUT2D eigenvalue weighted by Gasteiger charge is 2.17. The van der Waals surface area contributed by atoms with Crippen LogP contribution in [0.5, 0.6) is 0 Å². The molecule has 0 spiro atoms. The Balaban J connectivity index is 0.00000147. The van der Waals surface area contributed by atoms with Gasteiger partial charge in [0.2, 0.25) is 5.91 Å². The highest BCUT2D eigenvalue weighted by molar-refractivity contribution is 5.94. The SMILES string of the molecule is Cl.O=C(CC1CNCCO1)Nc1ccc2[nH]ccc2c1. The number of amides is 1. The number of morpholine rings is 1. The Morgan fingerprint density at radius 3 is 3.10 bits per heavy atom. The van der Waals surface area contributed by atoms with E-state index in [0.717, 1.165) is 29.7 Å². The number of hydrogen-bond donors (Lipinski definition) is 3. The first-order chi connectivity index (χ1) is 9.31. The maximum absolute atomic E-state index is 11.9. The summed E-state index contributed by atoms with van der Waals surface area (Å²) in [5, 5.41) is 7.22. The van der Waals surface area contributed by atoms with E-state index < -0.39 is 0 Å². The van der Waals surface area contributed by atoms with Gasteiger partial charge in [-0.05, 0) is 24.3 Å². The molecule has 0 saturated carbocycles. The van der Waals surface area contributed by atoms with Gasteiger partial charge in [-0.15, -0.1) is 12.4 Å². The van der Waals surface area contributed by atoms with E-state index >= 15 is 0 Å². The first-order valence-electron chi connectivity index (χ1n) is 6.50. The first-order valence-corrected chi connectivity index (χ1v) is 6.50. The fourth-order valence-corrected chi connectivity index (χ4v) is 2.30. The molecule has 1 aromatic heterocycles. The summed E-state index contributed by atoms with van der Waals surface area (Å²) in [6.07, 6.45) is 2.25. The number of carbonyl (C=O) groups excluding carboxylic acids is 1. The summed E-state index contributed by atoms with van der Waals surface area (Å²) in [6, 6.07) is 7.81. The summed E-state index contributed by atoms with van der Waals surface area (Å²) < 4.78 is 5.52. The number of nitrogens with one attached hydrogen (secondary N) is 3. The zero-order valence-electron chi connectivity index (χ0n) is 11.0. The molecule has 2 aromatic rings. The number of hydrogen-bond acceptors (Lipinski definition) is 3. The van der Waals surface area contributed by atoms with Crippen molar-refractivity contribution in [3.05, 3.63) is 30.5 Å². The van der Waals surface area contributed by atoms with Crippen molar-refractivity contribution in [2.24, 2.45) is 0 Å². The molecule has 1 aliphatic heterocycles. The average Bonchev–Trinajstić information content (AvgIpc) is 2.87. The number of fused-ring (bicyclic) bond motifs is 1. The normalized spacial score (nSPS) is 18.5. The molecule has 6 heteroatoms. The minimum absolute atomic E-state index is 0. The molecule has 1 atom stereocenters. The molecule has 0 bridgehead atoms. The van der Waals surface area contributed by atoms with Gasteiger partial charge in [-0.2, -0.15) is 0 Å². The smallest absolute Gasteiger partial charge is 0.227 e. The van der Waals surface area contributed by atoms with E-state index in [1.807, 2.05) is 30.5 Å². The van der Waals surface area contributed by atoms with E-state index in [2.05, 4.69) is 15.6 Å². The summed E-state index contributed by atoms with van der Waals surface area (Å²) in [6.45, 7) is 2.28. The van der Waals surface area contributed by atoms with E-state index in [0.29, 0.717) is 13.0 Å². The molecule has 0 aliphatic carbocycles. The molecule has 1 aliphatic rings. The zero-order valence-corrected chi connectivity index (χ0v) is 11.8. The van der Waals surface area contributed by atoms with Gasteiger partial charge >= 0.3 is 0 Å². The Labute approximate surface area is 123 Å². The molecule has 0 radical (unpaired) electrons. The maximum Gasteiger partial charge on any atom is 0.227 e. The van der Waals surface area contributed by atoms with Crippen LogP contribution in [0.15, 0.2) is 30.5 Å². The molecule has 3 N–H and O–H groups in total. The van der Waals surface area contributed by atoms with Gasteiger partial charge in [0.15, 0.2) is 0 Å². The number of halogens is 1. The summed E-state index contributed by atoms with van der Waals surface area (Å²) in [5.41, 5.74) is 1.89. The maximum atomic E-state index is 11.9. The number of carbonyl (C=O) groups is 1. The summed E-state index contributed by atoms with van der Waals surface area (Å²) >= 11 is 0. The minimum atomic E-state index is -0.0234. The third-order valence-corrected chi connectivity index (χ3v) is 3.25. The van der Waals surface area contributed by atoms with Crippen LogP contribution in [0.2, 0.25) is 0 Å². The Bertz CT molecular complexity index is 579. The van der Waals surface area contributed by atoms with Gasteiger partial charge in [0.25, 0.3) is 0 Å². The summed E-state index contributed by atoms with van der Waals surface area (Å²) in [4.78, 5) is 15.1. The molecular weight excluding hydrogens is 278 g/mol. The lowest BCUT2D eigenvalue weighted by Gasteiger charge is -2.23. The van der Waals surface area contributed by atoms with Crippen molar-refractivity contribution >= 4 is 34.9 Å². The number of ether oxygens (including phenoxy) is 1. The van der Waals surface area contributed by atoms with Crippen molar-refractivity contribution in [2.45, 2.75) is 12.5 Å². The monoisotopic (exact) mass is 295 g/mol. The van der Waals surface area contributed by atoms with Gasteiger partial charge in [0.1, 0.15) is 0 Å². The van der Waals surface area contributed by atoms with Crippen LogP contribution in [0.1, 0.15) is 6.42 Å². The molecule has 20 heavy (non-hydrogen) atoms. The van der Waals surface area contributed by atoms with Gasteiger partial charge in [-0.1, -0.05) is 0 Å². The molecule has 1 aromatic carbocycles. The van der Waals surface area contributed by atoms with Crippen LogP contribution in [0, 0.1) is 0 Å². The van der Waals surface area contributed by atoms with E-state index in [4.69, 9.17) is 4.74 Å². The van der Waals surface area contributed by atoms with Crippen LogP contribution in [0.25, 0.3) is 10.9 Å². The van der Waals surface area contributed by atoms with Crippen molar-refractivity contribution in [1.82, 2.24) is 10.3 Å². The third-order valence-electron chi connectivity index (χ3n) is 3.25. The molecule has 1 saturated heterocycles. The number of H-pyrrole nitrogens is 1. The highest BCUT2D eigenvalue weighted by Crippen LogP contribution is 2.18. The van der Waals surface area contributed by atoms with Crippen LogP contribution >= 0.6 is 12.4 Å². The molecule has 2 heterocycles. The molecule has 1 unspecified atom stereocenters. The van der Waals surface area contributed by atoms with Crippen molar-refractivity contribution < 1.29 is 9.53 Å². The van der Waals surface area contributed by atoms with Crippen LogP contribution in [-0.4, -0.2) is 36.7 Å². The molecule has 5 nitrogen and oxygen atoms in total. The summed E-state index contributed by atoms with van der Waals surface area (Å²) in [7, 11) is 0. The van der Waals surface area contributed by atoms with Crippen LogP contribution < -0.4 is 10.6 Å². The van der Waals surface area contributed by atoms with Gasteiger partial charge in [-0.3, -0.25) is 4.79 Å². The topological polar surface area (TPSA) is 66.2 Å². The Morgan fingerprint density at radius 2 is 2.30 bits per heavy atom. The van der Waals surface area contributed by atoms with Gasteiger partial charge in [0.05, 0.1) is 19.1 Å². The molecule has 1 fully saturated rings. The standard InChI is InChI=1S/C14H17N3O2.ClH/c18-14(8-12-9-15-5-6-19-12)17-11-1-2-13-10(7-11)3-4-16-13;/h1-4,7,12,15-16H,5-6,8-9H2,(H,17,18);1H. The average molecular weight is 296 g/mol. The molecular formula is C14H18ClN3O2. The summed E-state index contributed by atoms with van der Waals surface area (Å²) in [5.74, 6) is -0.0106. The fraction of sp³-hybridized carbons (Fsp3) is 0.357. The van der Waals surface area contributed by atoms with Gasteiger partial charge in [-0.25, -0.2) is 0 Å². The van der Waals surface area contributed by atoms with Gasteiger partial charge < -0.3 is 20.4 Å². The van der Waals surface area contributed by atoms with Gasteiger partial charge in [0, 0.05) is 35.9 Å². The number of aromatic nitrogens is 1. The van der Waals surface area contributed by atoms with E-state index in [9.17, 15) is 4.79 Å². The lowest BCUT2D eigenvalue weighted by atomic mass is 10.2. The number of anilines is 1. The van der Waals surface area contributed by atoms with E-state index in [1.165, 1.54) is 0 Å². The fourth-order valence-electron chi connectivity index (χ4n) is 2.30. The van der Waals surface area contributed by atoms with Crippen LogP contribution in [-0.2, 0) is 9.53 Å². The number of benzene rings is 1. The van der Waals surface area contributed by atoms with E-state index in [1.54, 1.807) is 0 Å². The van der Waals surface area contributed by atoms with Crippen molar-refractivity contribution in [2.75, 3.05) is 25.0 Å². The highest BCUT2D eigenvalue weighted by atomic mass is 35.5. The van der Waals surface area contributed by atoms with Crippen LogP contribution in [0.4, 0.5) is 5.69 Å². The quantitative estimate of drug-likeness (QED) is 0.810. The number of rotatable bonds is 3. The number of aromatic amines is 1. The Hall–Kier alpha value is -1.56. The van der Waals surface area contributed by atoms with Crippen molar-refractivity contribution in [3.8, 4) is 0 Å². The second kappa shape index (κ2) is 6.74. The lowest BCUT2D eigenvalue weighted by Crippen LogP contribution is -2.40. The minimum Gasteiger partial charge on any atom is -0.375 e. The molecule has 3 rings (SSSR count). The van der Waals surface area contributed by atoms with Crippen molar-refractivity contribution in [1.29, 1.82) is 0 Å². The van der Waals surface area contributed by atoms with E-state index in [-0.39, 0.29) is 24.4 Å². The Kier molecular flexibility index (Phi) is 5.00. The molecule has 1 amide bonds. The van der Waals surface area contributed by atoms with Crippen molar-refractivity contribution in [3.63, 3.8) is 0 Å². The zero-order chi connectivity index (χ0) is 13.1. The largest absolute Gasteiger partial charge is 0.375 e. The second-order valence-corrected chi connectivity index (χ2v) is 4.73. The first kappa shape index (κ1) is 14.8. The Morgan fingerprint density at radius 1 is 1.40 bits per heavy atom. The lowest BCUT2D eigenvalue weighted by molar-refractivity contribution is -0.119. The second-order valence-electron chi connectivity index (χ2n) is 4.73. The predicted octanol–water partition coefficient (Wildman–Crippen LogP) is 1.91.